The highest BCUT2D eigenvalue weighted by Gasteiger charge is 2.24. The highest BCUT2D eigenvalue weighted by atomic mass is 16.5. The van der Waals surface area contributed by atoms with Gasteiger partial charge in [-0.25, -0.2) is 4.98 Å². The molecule has 1 N–H and O–H groups in total. The predicted octanol–water partition coefficient (Wildman–Crippen LogP) is 2.02. The van der Waals surface area contributed by atoms with Crippen LogP contribution in [0.3, 0.4) is 0 Å². The summed E-state index contributed by atoms with van der Waals surface area (Å²) in [5, 5.41) is 9.71. The summed E-state index contributed by atoms with van der Waals surface area (Å²) in [6.07, 6.45) is 7.33. The van der Waals surface area contributed by atoms with Crippen LogP contribution in [0.15, 0.2) is 36.7 Å². The van der Waals surface area contributed by atoms with Crippen LogP contribution >= 0.6 is 0 Å². The van der Waals surface area contributed by atoms with E-state index >= 15 is 0 Å². The number of anilines is 2. The fraction of sp³-hybridized carbons (Fsp3) is 0.550. The standard InChI is InChI=1S/C20H27N5O2/c26-17-7-12-24(13-8-17)19-6-10-22-20(23-19)25-11-3-5-18(14-25)27-15-16-4-1-2-9-21-16/h1-2,4,6,9-10,17-18,26H,3,5,7-8,11-15H2. The Morgan fingerprint density at radius 1 is 1.00 bits per heavy atom. The Kier molecular flexibility index (Phi) is 5.79. The number of hydrogen-bond acceptors (Lipinski definition) is 7. The van der Waals surface area contributed by atoms with Gasteiger partial charge in [0.25, 0.3) is 0 Å². The second kappa shape index (κ2) is 8.63. The molecule has 1 unspecified atom stereocenters. The van der Waals surface area contributed by atoms with E-state index in [-0.39, 0.29) is 12.2 Å². The van der Waals surface area contributed by atoms with Gasteiger partial charge < -0.3 is 19.6 Å². The summed E-state index contributed by atoms with van der Waals surface area (Å²) < 4.78 is 6.08. The number of pyridine rings is 1. The highest BCUT2D eigenvalue weighted by molar-refractivity contribution is 5.44. The van der Waals surface area contributed by atoms with Gasteiger partial charge in [0.2, 0.25) is 5.95 Å². The Morgan fingerprint density at radius 3 is 2.70 bits per heavy atom. The summed E-state index contributed by atoms with van der Waals surface area (Å²) in [6.45, 7) is 3.97. The van der Waals surface area contributed by atoms with Gasteiger partial charge in [-0.05, 0) is 43.9 Å². The maximum atomic E-state index is 9.71. The second-order valence-corrected chi connectivity index (χ2v) is 7.28. The van der Waals surface area contributed by atoms with E-state index in [1.165, 1.54) is 0 Å². The van der Waals surface area contributed by atoms with Crippen molar-refractivity contribution in [3.63, 3.8) is 0 Å². The lowest BCUT2D eigenvalue weighted by Gasteiger charge is -2.34. The van der Waals surface area contributed by atoms with Crippen LogP contribution in [0.5, 0.6) is 0 Å². The van der Waals surface area contributed by atoms with Crippen molar-refractivity contribution in [1.29, 1.82) is 0 Å². The first-order chi connectivity index (χ1) is 13.3. The zero-order valence-electron chi connectivity index (χ0n) is 15.6. The zero-order valence-corrected chi connectivity index (χ0v) is 15.6. The summed E-state index contributed by atoms with van der Waals surface area (Å²) in [7, 11) is 0. The Hall–Kier alpha value is -2.25. The molecule has 2 aliphatic heterocycles. The number of aromatic nitrogens is 3. The number of hydrogen-bond donors (Lipinski definition) is 1. The number of ether oxygens (including phenoxy) is 1. The van der Waals surface area contributed by atoms with Crippen LogP contribution in [0.25, 0.3) is 0 Å². The molecule has 4 heterocycles. The molecule has 2 aliphatic rings. The largest absolute Gasteiger partial charge is 0.393 e. The van der Waals surface area contributed by atoms with Crippen LogP contribution in [-0.2, 0) is 11.3 Å². The van der Waals surface area contributed by atoms with E-state index in [0.717, 1.165) is 69.3 Å². The lowest BCUT2D eigenvalue weighted by atomic mass is 10.1. The second-order valence-electron chi connectivity index (χ2n) is 7.28. The first-order valence-electron chi connectivity index (χ1n) is 9.80. The normalized spacial score (nSPS) is 21.4. The number of aliphatic hydroxyl groups excluding tert-OH is 1. The van der Waals surface area contributed by atoms with Crippen molar-refractivity contribution in [1.82, 2.24) is 15.0 Å². The third kappa shape index (κ3) is 4.73. The van der Waals surface area contributed by atoms with Crippen LogP contribution in [-0.4, -0.2) is 58.4 Å². The number of piperidine rings is 2. The van der Waals surface area contributed by atoms with Crippen molar-refractivity contribution >= 4 is 11.8 Å². The van der Waals surface area contributed by atoms with Crippen molar-refractivity contribution in [2.24, 2.45) is 0 Å². The fourth-order valence-electron chi connectivity index (χ4n) is 3.71. The summed E-state index contributed by atoms with van der Waals surface area (Å²) in [4.78, 5) is 18.1. The minimum absolute atomic E-state index is 0.165. The molecule has 0 saturated carbocycles. The lowest BCUT2D eigenvalue weighted by Crippen LogP contribution is -2.41. The van der Waals surface area contributed by atoms with Crippen LogP contribution in [0.2, 0.25) is 0 Å². The monoisotopic (exact) mass is 369 g/mol. The highest BCUT2D eigenvalue weighted by Crippen LogP contribution is 2.23. The van der Waals surface area contributed by atoms with Crippen molar-refractivity contribution in [3.8, 4) is 0 Å². The molecular formula is C20H27N5O2. The van der Waals surface area contributed by atoms with Gasteiger partial charge >= 0.3 is 0 Å². The molecule has 7 heteroatoms. The Labute approximate surface area is 160 Å². The van der Waals surface area contributed by atoms with Gasteiger partial charge in [-0.1, -0.05) is 6.07 Å². The average Bonchev–Trinajstić information content (AvgIpc) is 2.74. The number of aliphatic hydroxyl groups is 1. The fourth-order valence-corrected chi connectivity index (χ4v) is 3.71. The summed E-state index contributed by atoms with van der Waals surface area (Å²) >= 11 is 0. The predicted molar refractivity (Wildman–Crippen MR) is 104 cm³/mol. The van der Waals surface area contributed by atoms with E-state index in [1.807, 2.05) is 30.5 Å². The Morgan fingerprint density at radius 2 is 1.89 bits per heavy atom. The van der Waals surface area contributed by atoms with Crippen molar-refractivity contribution in [2.45, 2.75) is 44.5 Å². The maximum Gasteiger partial charge on any atom is 0.227 e. The van der Waals surface area contributed by atoms with Gasteiger partial charge in [0.1, 0.15) is 5.82 Å². The Balaban J connectivity index is 1.37. The molecule has 27 heavy (non-hydrogen) atoms. The number of rotatable bonds is 5. The van der Waals surface area contributed by atoms with E-state index in [2.05, 4.69) is 19.8 Å². The van der Waals surface area contributed by atoms with Crippen LogP contribution in [0, 0.1) is 0 Å². The van der Waals surface area contributed by atoms with E-state index in [0.29, 0.717) is 6.61 Å². The van der Waals surface area contributed by atoms with Gasteiger partial charge in [-0.15, -0.1) is 0 Å². The van der Waals surface area contributed by atoms with E-state index in [4.69, 9.17) is 9.72 Å². The molecule has 7 nitrogen and oxygen atoms in total. The lowest BCUT2D eigenvalue weighted by molar-refractivity contribution is 0.0295. The third-order valence-electron chi connectivity index (χ3n) is 5.27. The van der Waals surface area contributed by atoms with Crippen LogP contribution in [0.4, 0.5) is 11.8 Å². The first kappa shape index (κ1) is 18.1. The first-order valence-corrected chi connectivity index (χ1v) is 9.80. The van der Waals surface area contributed by atoms with Gasteiger partial charge in [-0.2, -0.15) is 4.98 Å². The van der Waals surface area contributed by atoms with E-state index < -0.39 is 0 Å². The van der Waals surface area contributed by atoms with Gasteiger partial charge in [0.15, 0.2) is 0 Å². The number of nitrogens with zero attached hydrogens (tertiary/aromatic N) is 5. The van der Waals surface area contributed by atoms with Gasteiger partial charge in [0, 0.05) is 38.6 Å². The van der Waals surface area contributed by atoms with Crippen molar-refractivity contribution in [2.75, 3.05) is 36.0 Å². The minimum atomic E-state index is -0.179. The molecule has 0 bridgehead atoms. The molecule has 0 aliphatic carbocycles. The molecule has 1 atom stereocenters. The van der Waals surface area contributed by atoms with Crippen molar-refractivity contribution in [3.05, 3.63) is 42.4 Å². The zero-order chi connectivity index (χ0) is 18.5. The molecule has 2 fully saturated rings. The van der Waals surface area contributed by atoms with Gasteiger partial charge in [0.05, 0.1) is 24.5 Å². The molecule has 0 amide bonds. The molecule has 4 rings (SSSR count). The molecule has 0 radical (unpaired) electrons. The molecule has 0 spiro atoms. The Bertz CT molecular complexity index is 721. The molecule has 2 saturated heterocycles. The summed E-state index contributed by atoms with van der Waals surface area (Å²) in [5.41, 5.74) is 0.958. The van der Waals surface area contributed by atoms with Crippen molar-refractivity contribution < 1.29 is 9.84 Å². The van der Waals surface area contributed by atoms with Crippen LogP contribution in [0.1, 0.15) is 31.4 Å². The summed E-state index contributed by atoms with van der Waals surface area (Å²) in [5.74, 6) is 1.72. The quantitative estimate of drug-likeness (QED) is 0.864. The topological polar surface area (TPSA) is 74.6 Å². The average molecular weight is 369 g/mol. The smallest absolute Gasteiger partial charge is 0.227 e. The molecular weight excluding hydrogens is 342 g/mol. The molecule has 2 aromatic rings. The SMILES string of the molecule is OC1CCN(c2ccnc(N3CCCC(OCc4ccccn4)C3)n2)CC1. The summed E-state index contributed by atoms with van der Waals surface area (Å²) in [6, 6.07) is 7.85. The maximum absolute atomic E-state index is 9.71. The van der Waals surface area contributed by atoms with Gasteiger partial charge in [-0.3, -0.25) is 4.98 Å². The van der Waals surface area contributed by atoms with E-state index in [1.54, 1.807) is 6.20 Å². The molecule has 0 aromatic carbocycles. The van der Waals surface area contributed by atoms with Crippen LogP contribution < -0.4 is 9.80 Å². The third-order valence-corrected chi connectivity index (χ3v) is 5.27. The molecule has 144 valence electrons. The van der Waals surface area contributed by atoms with E-state index in [9.17, 15) is 5.11 Å². The minimum Gasteiger partial charge on any atom is -0.393 e. The molecule has 2 aromatic heterocycles.